The van der Waals surface area contributed by atoms with Crippen molar-refractivity contribution in [2.45, 2.75) is 88.6 Å². The lowest BCUT2D eigenvalue weighted by atomic mass is 9.82. The Morgan fingerprint density at radius 2 is 1.58 bits per heavy atom. The first-order valence-corrected chi connectivity index (χ1v) is 14.0. The van der Waals surface area contributed by atoms with Crippen LogP contribution >= 0.6 is 0 Å². The Kier molecular flexibility index (Phi) is 10.6. The fourth-order valence-electron chi connectivity index (χ4n) is 5.55. The summed E-state index contributed by atoms with van der Waals surface area (Å²) in [5.41, 5.74) is -0.850. The van der Waals surface area contributed by atoms with Crippen LogP contribution in [0.2, 0.25) is 0 Å². The molecule has 238 valence electrons. The van der Waals surface area contributed by atoms with Crippen LogP contribution in [0.25, 0.3) is 0 Å². The number of halogens is 9. The van der Waals surface area contributed by atoms with Crippen LogP contribution in [0.3, 0.4) is 0 Å². The lowest BCUT2D eigenvalue weighted by molar-refractivity contribution is -0.326. The summed E-state index contributed by atoms with van der Waals surface area (Å²) in [6.07, 6.45) is -8.57. The number of alkyl halides is 4. The summed E-state index contributed by atoms with van der Waals surface area (Å²) in [4.78, 5) is 0. The zero-order chi connectivity index (χ0) is 31.4. The third kappa shape index (κ3) is 8.37. The first-order valence-electron chi connectivity index (χ1n) is 14.0. The number of rotatable bonds is 11. The van der Waals surface area contributed by atoms with Gasteiger partial charge in [0.1, 0.15) is 17.7 Å². The smallest absolute Gasteiger partial charge is 0.429 e. The fourth-order valence-corrected chi connectivity index (χ4v) is 5.55. The third-order valence-electron chi connectivity index (χ3n) is 7.70. The number of benzene rings is 2. The van der Waals surface area contributed by atoms with Crippen LogP contribution in [0.1, 0.15) is 75.3 Å². The number of hydrogen-bond donors (Lipinski definition) is 0. The lowest BCUT2D eigenvalue weighted by Crippen LogP contribution is -2.45. The average Bonchev–Trinajstić information content (AvgIpc) is 2.92. The minimum Gasteiger partial charge on any atom is -0.453 e. The van der Waals surface area contributed by atoms with E-state index in [0.717, 1.165) is 25.0 Å². The van der Waals surface area contributed by atoms with E-state index in [1.165, 1.54) is 6.07 Å². The van der Waals surface area contributed by atoms with Crippen LogP contribution in [-0.2, 0) is 15.6 Å². The van der Waals surface area contributed by atoms with Crippen LogP contribution < -0.4 is 9.47 Å². The molecule has 2 aromatic carbocycles. The zero-order valence-corrected chi connectivity index (χ0v) is 23.2. The van der Waals surface area contributed by atoms with Crippen molar-refractivity contribution in [1.82, 2.24) is 0 Å². The summed E-state index contributed by atoms with van der Waals surface area (Å²) in [5, 5.41) is 0. The first kappa shape index (κ1) is 33.0. The molecule has 13 heteroatoms. The second-order valence-corrected chi connectivity index (χ2v) is 10.8. The molecule has 0 bridgehead atoms. The Labute approximate surface area is 242 Å². The van der Waals surface area contributed by atoms with Crippen LogP contribution in [0.5, 0.6) is 11.5 Å². The van der Waals surface area contributed by atoms with Gasteiger partial charge in [-0.3, -0.25) is 0 Å². The Bertz CT molecular complexity index is 1240. The predicted octanol–water partition coefficient (Wildman–Crippen LogP) is 9.58. The molecule has 2 aliphatic rings. The summed E-state index contributed by atoms with van der Waals surface area (Å²) in [6, 6.07) is 3.44. The van der Waals surface area contributed by atoms with E-state index in [1.807, 2.05) is 6.92 Å². The molecule has 43 heavy (non-hydrogen) atoms. The number of hydrogen-bond acceptors (Lipinski definition) is 4. The average molecular weight is 627 g/mol. The standard InChI is InChI=1S/C30H31F9O4/c1-2-3-17-4-11-26(40-15-17)30(38,39)42-20-8-5-18(6-9-20)19-7-10-22(23(31)12-19)29(36,37)43-21-13-24(32)28(25(33)14-21)41-16-27(34)35/h7,10,12-14,16-18,20,26H,2-6,8-9,11,15H2,1H3. The van der Waals surface area contributed by atoms with Gasteiger partial charge in [0.15, 0.2) is 23.6 Å². The highest BCUT2D eigenvalue weighted by atomic mass is 19.3. The van der Waals surface area contributed by atoms with E-state index in [1.54, 1.807) is 0 Å². The highest BCUT2D eigenvalue weighted by Gasteiger charge is 2.46. The van der Waals surface area contributed by atoms with E-state index in [9.17, 15) is 39.5 Å². The van der Waals surface area contributed by atoms with Crippen molar-refractivity contribution in [1.29, 1.82) is 0 Å². The maximum absolute atomic E-state index is 14.8. The molecule has 2 atom stereocenters. The Morgan fingerprint density at radius 3 is 2.14 bits per heavy atom. The molecular formula is C30H31F9O4. The van der Waals surface area contributed by atoms with Crippen LogP contribution in [-0.4, -0.2) is 24.9 Å². The minimum atomic E-state index is -4.37. The highest BCUT2D eigenvalue weighted by molar-refractivity contribution is 5.36. The van der Waals surface area contributed by atoms with Gasteiger partial charge in [-0.25, -0.2) is 13.2 Å². The molecular weight excluding hydrogens is 595 g/mol. The molecule has 0 amide bonds. The quantitative estimate of drug-likeness (QED) is 0.184. The minimum absolute atomic E-state index is 0.204. The summed E-state index contributed by atoms with van der Waals surface area (Å²) < 4.78 is 145. The van der Waals surface area contributed by atoms with E-state index in [2.05, 4.69) is 9.47 Å². The molecule has 1 aliphatic carbocycles. The van der Waals surface area contributed by atoms with Crippen molar-refractivity contribution in [2.24, 2.45) is 5.92 Å². The van der Waals surface area contributed by atoms with E-state index in [-0.39, 0.29) is 56.1 Å². The molecule has 2 aromatic rings. The molecule has 0 N–H and O–H groups in total. The van der Waals surface area contributed by atoms with Gasteiger partial charge in [0.05, 0.1) is 18.3 Å². The van der Waals surface area contributed by atoms with Gasteiger partial charge >= 0.3 is 18.3 Å². The van der Waals surface area contributed by atoms with E-state index >= 15 is 0 Å². The van der Waals surface area contributed by atoms with Gasteiger partial charge in [0, 0.05) is 12.1 Å². The summed E-state index contributed by atoms with van der Waals surface area (Å²) >= 11 is 0. The molecule has 1 saturated carbocycles. The van der Waals surface area contributed by atoms with Gasteiger partial charge in [-0.05, 0) is 74.5 Å². The maximum atomic E-state index is 14.8. The van der Waals surface area contributed by atoms with Crippen LogP contribution in [0.4, 0.5) is 39.5 Å². The van der Waals surface area contributed by atoms with Crippen molar-refractivity contribution in [2.75, 3.05) is 6.61 Å². The Morgan fingerprint density at radius 1 is 0.907 bits per heavy atom. The molecule has 4 nitrogen and oxygen atoms in total. The zero-order valence-electron chi connectivity index (χ0n) is 23.2. The monoisotopic (exact) mass is 626 g/mol. The highest BCUT2D eigenvalue weighted by Crippen LogP contribution is 2.41. The van der Waals surface area contributed by atoms with Gasteiger partial charge in [-0.1, -0.05) is 19.4 Å². The normalized spacial score (nSPS) is 23.1. The Hall–Kier alpha value is -2.93. The van der Waals surface area contributed by atoms with Gasteiger partial charge < -0.3 is 18.9 Å². The largest absolute Gasteiger partial charge is 0.453 e. The van der Waals surface area contributed by atoms with Crippen molar-refractivity contribution in [3.05, 3.63) is 71.3 Å². The van der Waals surface area contributed by atoms with Gasteiger partial charge in [0.2, 0.25) is 0 Å². The topological polar surface area (TPSA) is 36.9 Å². The van der Waals surface area contributed by atoms with Gasteiger partial charge in [-0.15, -0.1) is 0 Å². The third-order valence-corrected chi connectivity index (χ3v) is 7.70. The van der Waals surface area contributed by atoms with E-state index in [4.69, 9.17) is 9.47 Å². The van der Waals surface area contributed by atoms with E-state index in [0.29, 0.717) is 24.8 Å². The first-order chi connectivity index (χ1) is 20.3. The van der Waals surface area contributed by atoms with Gasteiger partial charge in [-0.2, -0.15) is 26.3 Å². The summed E-state index contributed by atoms with van der Waals surface area (Å²) in [7, 11) is 0. The second-order valence-electron chi connectivity index (χ2n) is 10.8. The van der Waals surface area contributed by atoms with Gasteiger partial charge in [0.25, 0.3) is 0 Å². The second kappa shape index (κ2) is 13.8. The summed E-state index contributed by atoms with van der Waals surface area (Å²) in [6.45, 7) is 2.30. The molecule has 0 spiro atoms. The molecule has 1 saturated heterocycles. The number of ether oxygens (including phenoxy) is 4. The lowest BCUT2D eigenvalue weighted by Gasteiger charge is -2.37. The summed E-state index contributed by atoms with van der Waals surface area (Å²) in [5.74, 6) is -6.92. The predicted molar refractivity (Wildman–Crippen MR) is 137 cm³/mol. The molecule has 4 rings (SSSR count). The molecule has 1 aliphatic heterocycles. The fraction of sp³-hybridized carbons (Fsp3) is 0.533. The molecule has 2 fully saturated rings. The van der Waals surface area contributed by atoms with Crippen molar-refractivity contribution in [3.8, 4) is 11.5 Å². The van der Waals surface area contributed by atoms with Crippen LogP contribution in [0, 0.1) is 23.4 Å². The molecule has 0 radical (unpaired) electrons. The van der Waals surface area contributed by atoms with Crippen molar-refractivity contribution in [3.63, 3.8) is 0 Å². The van der Waals surface area contributed by atoms with Crippen molar-refractivity contribution >= 4 is 0 Å². The SMILES string of the molecule is CCCC1CCC(C(F)(F)OC2CCC(c3ccc(C(F)(F)Oc4cc(F)c(OC=C(F)F)c(F)c4)c(F)c3)CC2)OC1. The molecule has 1 heterocycles. The Balaban J connectivity index is 1.34. The van der Waals surface area contributed by atoms with E-state index < -0.39 is 65.0 Å². The molecule has 2 unspecified atom stereocenters. The van der Waals surface area contributed by atoms with Crippen LogP contribution in [0.15, 0.2) is 42.7 Å². The maximum Gasteiger partial charge on any atom is 0.429 e. The van der Waals surface area contributed by atoms with Crippen molar-refractivity contribution < 1.29 is 58.5 Å². The molecule has 0 aromatic heterocycles.